The third-order valence-electron chi connectivity index (χ3n) is 3.31. The molecule has 1 saturated heterocycles. The summed E-state index contributed by atoms with van der Waals surface area (Å²) in [6.07, 6.45) is 1.22. The standard InChI is InChI=1S/C13H18ClNO/c1-9-5-10(2)15(7-9)13-4-3-12(14)6-11(13)8-16/h3-4,6,9-10,16H,5,7-8H2,1-2H3. The van der Waals surface area contributed by atoms with Gasteiger partial charge in [-0.25, -0.2) is 0 Å². The molecule has 16 heavy (non-hydrogen) atoms. The lowest BCUT2D eigenvalue weighted by Gasteiger charge is -2.26. The molecule has 0 bridgehead atoms. The minimum Gasteiger partial charge on any atom is -0.392 e. The molecule has 1 N–H and O–H groups in total. The normalized spacial score (nSPS) is 25.1. The molecule has 0 amide bonds. The Morgan fingerprint density at radius 2 is 2.19 bits per heavy atom. The summed E-state index contributed by atoms with van der Waals surface area (Å²) in [5.41, 5.74) is 2.05. The number of hydrogen-bond donors (Lipinski definition) is 1. The van der Waals surface area contributed by atoms with Gasteiger partial charge in [-0.1, -0.05) is 18.5 Å². The van der Waals surface area contributed by atoms with Crippen molar-refractivity contribution in [3.63, 3.8) is 0 Å². The fourth-order valence-electron chi connectivity index (χ4n) is 2.60. The summed E-state index contributed by atoms with van der Waals surface area (Å²) in [7, 11) is 0. The summed E-state index contributed by atoms with van der Waals surface area (Å²) in [4.78, 5) is 2.37. The zero-order valence-corrected chi connectivity index (χ0v) is 10.5. The molecule has 1 aliphatic heterocycles. The number of hydrogen-bond acceptors (Lipinski definition) is 2. The number of aliphatic hydroxyl groups is 1. The molecular weight excluding hydrogens is 222 g/mol. The minimum atomic E-state index is 0.0491. The molecule has 1 aromatic carbocycles. The van der Waals surface area contributed by atoms with Crippen molar-refractivity contribution in [3.05, 3.63) is 28.8 Å². The third kappa shape index (κ3) is 2.18. The van der Waals surface area contributed by atoms with Crippen LogP contribution in [-0.4, -0.2) is 17.7 Å². The molecule has 0 aliphatic carbocycles. The first-order valence-electron chi connectivity index (χ1n) is 5.77. The van der Waals surface area contributed by atoms with Crippen molar-refractivity contribution in [2.75, 3.05) is 11.4 Å². The number of aliphatic hydroxyl groups excluding tert-OH is 1. The van der Waals surface area contributed by atoms with E-state index in [-0.39, 0.29) is 6.61 Å². The van der Waals surface area contributed by atoms with Crippen molar-refractivity contribution >= 4 is 17.3 Å². The number of halogens is 1. The van der Waals surface area contributed by atoms with Gasteiger partial charge in [-0.2, -0.15) is 0 Å². The Bertz CT molecular complexity index is 380. The van der Waals surface area contributed by atoms with Gasteiger partial charge >= 0.3 is 0 Å². The second-order valence-electron chi connectivity index (χ2n) is 4.77. The van der Waals surface area contributed by atoms with Gasteiger partial charge in [0.25, 0.3) is 0 Å². The van der Waals surface area contributed by atoms with Crippen LogP contribution in [0.1, 0.15) is 25.8 Å². The van der Waals surface area contributed by atoms with Gasteiger partial charge in [0.2, 0.25) is 0 Å². The molecule has 2 unspecified atom stereocenters. The van der Waals surface area contributed by atoms with Gasteiger partial charge in [-0.3, -0.25) is 0 Å². The minimum absolute atomic E-state index is 0.0491. The smallest absolute Gasteiger partial charge is 0.0702 e. The highest BCUT2D eigenvalue weighted by molar-refractivity contribution is 6.30. The van der Waals surface area contributed by atoms with Crippen molar-refractivity contribution in [3.8, 4) is 0 Å². The lowest BCUT2D eigenvalue weighted by Crippen LogP contribution is -2.27. The Balaban J connectivity index is 2.32. The lowest BCUT2D eigenvalue weighted by atomic mass is 10.1. The van der Waals surface area contributed by atoms with Crippen molar-refractivity contribution in [1.82, 2.24) is 0 Å². The number of benzene rings is 1. The van der Waals surface area contributed by atoms with Crippen molar-refractivity contribution in [1.29, 1.82) is 0 Å². The van der Waals surface area contributed by atoms with E-state index in [2.05, 4.69) is 18.7 Å². The molecule has 1 fully saturated rings. The molecule has 1 aliphatic rings. The second kappa shape index (κ2) is 4.64. The SMILES string of the molecule is CC1CC(C)N(c2ccc(Cl)cc2CO)C1. The Hall–Kier alpha value is -0.730. The van der Waals surface area contributed by atoms with E-state index in [0.717, 1.165) is 23.7 Å². The monoisotopic (exact) mass is 239 g/mol. The van der Waals surface area contributed by atoms with E-state index in [1.54, 1.807) is 0 Å². The number of anilines is 1. The summed E-state index contributed by atoms with van der Waals surface area (Å²) in [5.74, 6) is 0.720. The van der Waals surface area contributed by atoms with E-state index in [1.165, 1.54) is 6.42 Å². The van der Waals surface area contributed by atoms with Gasteiger partial charge in [-0.15, -0.1) is 0 Å². The van der Waals surface area contributed by atoms with Crippen LogP contribution in [0.15, 0.2) is 18.2 Å². The van der Waals surface area contributed by atoms with Crippen LogP contribution in [-0.2, 0) is 6.61 Å². The Kier molecular flexibility index (Phi) is 3.41. The topological polar surface area (TPSA) is 23.5 Å². The maximum Gasteiger partial charge on any atom is 0.0702 e. The Labute approximate surface area is 102 Å². The Morgan fingerprint density at radius 1 is 1.44 bits per heavy atom. The van der Waals surface area contributed by atoms with E-state index >= 15 is 0 Å². The molecule has 1 aromatic rings. The summed E-state index contributed by atoms with van der Waals surface area (Å²) < 4.78 is 0. The van der Waals surface area contributed by atoms with Crippen molar-refractivity contribution in [2.24, 2.45) is 5.92 Å². The van der Waals surface area contributed by atoms with Crippen LogP contribution in [0.4, 0.5) is 5.69 Å². The zero-order chi connectivity index (χ0) is 11.7. The zero-order valence-electron chi connectivity index (χ0n) is 9.78. The summed E-state index contributed by atoms with van der Waals surface area (Å²) in [5, 5.41) is 10.1. The molecule has 2 nitrogen and oxygen atoms in total. The van der Waals surface area contributed by atoms with E-state index in [9.17, 15) is 5.11 Å². The number of nitrogens with zero attached hydrogens (tertiary/aromatic N) is 1. The molecule has 0 radical (unpaired) electrons. The highest BCUT2D eigenvalue weighted by atomic mass is 35.5. The van der Waals surface area contributed by atoms with E-state index in [1.807, 2.05) is 18.2 Å². The Morgan fingerprint density at radius 3 is 2.75 bits per heavy atom. The third-order valence-corrected chi connectivity index (χ3v) is 3.54. The molecule has 2 rings (SSSR count). The van der Waals surface area contributed by atoms with Crippen LogP contribution < -0.4 is 4.90 Å². The van der Waals surface area contributed by atoms with Crippen LogP contribution in [0.2, 0.25) is 5.02 Å². The molecule has 3 heteroatoms. The van der Waals surface area contributed by atoms with E-state index < -0.39 is 0 Å². The second-order valence-corrected chi connectivity index (χ2v) is 5.21. The molecule has 88 valence electrons. The molecule has 1 heterocycles. The van der Waals surface area contributed by atoms with Gasteiger partial charge in [0.15, 0.2) is 0 Å². The average molecular weight is 240 g/mol. The van der Waals surface area contributed by atoms with E-state index in [4.69, 9.17) is 11.6 Å². The lowest BCUT2D eigenvalue weighted by molar-refractivity contribution is 0.282. The fourth-order valence-corrected chi connectivity index (χ4v) is 2.79. The first-order valence-corrected chi connectivity index (χ1v) is 6.15. The average Bonchev–Trinajstić information content (AvgIpc) is 2.57. The predicted octanol–water partition coefficient (Wildman–Crippen LogP) is 3.07. The van der Waals surface area contributed by atoms with Crippen molar-refractivity contribution < 1.29 is 5.11 Å². The molecular formula is C13H18ClNO. The van der Waals surface area contributed by atoms with Crippen LogP contribution in [0.3, 0.4) is 0 Å². The van der Waals surface area contributed by atoms with Crippen LogP contribution in [0, 0.1) is 5.92 Å². The first kappa shape index (κ1) is 11.7. The van der Waals surface area contributed by atoms with Gasteiger partial charge in [0.1, 0.15) is 0 Å². The van der Waals surface area contributed by atoms with Gasteiger partial charge in [0, 0.05) is 28.9 Å². The molecule has 2 atom stereocenters. The highest BCUT2D eigenvalue weighted by Gasteiger charge is 2.27. The van der Waals surface area contributed by atoms with Crippen LogP contribution in [0.5, 0.6) is 0 Å². The van der Waals surface area contributed by atoms with E-state index in [0.29, 0.717) is 11.1 Å². The molecule has 0 saturated carbocycles. The molecule has 0 spiro atoms. The van der Waals surface area contributed by atoms with Gasteiger partial charge in [0.05, 0.1) is 6.61 Å². The first-order chi connectivity index (χ1) is 7.61. The number of rotatable bonds is 2. The summed E-state index contributed by atoms with van der Waals surface area (Å²) >= 11 is 5.94. The quantitative estimate of drug-likeness (QED) is 0.858. The molecule has 0 aromatic heterocycles. The van der Waals surface area contributed by atoms with Crippen LogP contribution >= 0.6 is 11.6 Å². The summed E-state index contributed by atoms with van der Waals surface area (Å²) in [6, 6.07) is 6.31. The fraction of sp³-hybridized carbons (Fsp3) is 0.538. The maximum atomic E-state index is 9.37. The van der Waals surface area contributed by atoms with Crippen molar-refractivity contribution in [2.45, 2.75) is 32.9 Å². The predicted molar refractivity (Wildman–Crippen MR) is 68.0 cm³/mol. The highest BCUT2D eigenvalue weighted by Crippen LogP contribution is 2.32. The maximum absolute atomic E-state index is 9.37. The van der Waals surface area contributed by atoms with Gasteiger partial charge < -0.3 is 10.0 Å². The largest absolute Gasteiger partial charge is 0.392 e. The summed E-state index contributed by atoms with van der Waals surface area (Å²) in [6.45, 7) is 5.62. The van der Waals surface area contributed by atoms with Gasteiger partial charge in [-0.05, 0) is 37.5 Å². The van der Waals surface area contributed by atoms with Crippen LogP contribution in [0.25, 0.3) is 0 Å².